The maximum Gasteiger partial charge on any atom is 0.416 e. The van der Waals surface area contributed by atoms with E-state index >= 15 is 4.39 Å². The Morgan fingerprint density at radius 3 is 2.39 bits per heavy atom. The third kappa shape index (κ3) is 6.00. The number of carbonyl (C=O) groups excluding carboxylic acids is 2. The number of nitrogen functional groups attached to an aromatic ring is 1. The number of pyridine rings is 1. The van der Waals surface area contributed by atoms with Gasteiger partial charge in [-0.15, -0.1) is 0 Å². The lowest BCUT2D eigenvalue weighted by molar-refractivity contribution is -0.137. The summed E-state index contributed by atoms with van der Waals surface area (Å²) in [7, 11) is 0. The summed E-state index contributed by atoms with van der Waals surface area (Å²) in [6.07, 6.45) is 0.844. The van der Waals surface area contributed by atoms with Crippen LogP contribution in [0.2, 0.25) is 0 Å². The average Bonchev–Trinajstić information content (AvgIpc) is 3.35. The standard InChI is InChI=1S/C31H32F4N8O3/c1-29(2,3)46-28(45)42-16-30(17-42)7-11-41(12-8-30)27-40-23(24-25(36)38-10-13-43(24)27)20-5-4-18(14-21(20)32)26(44)39-22-15-19(6-9-37-22)31(33,34)35/h4-6,9-10,13-15H,7-8,11-12,16-17H2,1-3H3,(H2,36,38)(H,37,39,44). The van der Waals surface area contributed by atoms with E-state index in [9.17, 15) is 22.8 Å². The molecule has 2 saturated heterocycles. The van der Waals surface area contributed by atoms with Crippen LogP contribution in [0, 0.1) is 11.2 Å². The molecule has 0 aliphatic carbocycles. The fourth-order valence-electron chi connectivity index (χ4n) is 5.89. The monoisotopic (exact) mass is 640 g/mol. The zero-order chi connectivity index (χ0) is 33.0. The van der Waals surface area contributed by atoms with Crippen LogP contribution in [-0.2, 0) is 10.9 Å². The van der Waals surface area contributed by atoms with Crippen LogP contribution < -0.4 is 16.0 Å². The molecule has 2 amide bonds. The van der Waals surface area contributed by atoms with Gasteiger partial charge in [0.1, 0.15) is 34.3 Å². The number of fused-ring (bicyclic) bond motifs is 1. The van der Waals surface area contributed by atoms with E-state index in [1.165, 1.54) is 18.3 Å². The lowest BCUT2D eigenvalue weighted by Gasteiger charge is -2.53. The number of nitrogens with one attached hydrogen (secondary N) is 1. The zero-order valence-corrected chi connectivity index (χ0v) is 25.4. The quantitative estimate of drug-likeness (QED) is 0.275. The molecule has 242 valence electrons. The molecule has 0 unspecified atom stereocenters. The molecule has 0 atom stereocenters. The third-order valence-electron chi connectivity index (χ3n) is 8.19. The number of hydrogen-bond donors (Lipinski definition) is 2. The van der Waals surface area contributed by atoms with Crippen molar-refractivity contribution in [3.8, 4) is 11.3 Å². The van der Waals surface area contributed by atoms with Crippen LogP contribution in [-0.4, -0.2) is 68.0 Å². The topological polar surface area (TPSA) is 131 Å². The maximum atomic E-state index is 15.6. The first kappa shape index (κ1) is 31.0. The molecule has 46 heavy (non-hydrogen) atoms. The molecule has 2 aliphatic heterocycles. The molecule has 4 aromatic rings. The Labute approximate surface area is 261 Å². The highest BCUT2D eigenvalue weighted by molar-refractivity contribution is 6.04. The van der Waals surface area contributed by atoms with E-state index in [4.69, 9.17) is 15.5 Å². The van der Waals surface area contributed by atoms with Gasteiger partial charge in [-0.1, -0.05) is 0 Å². The number of imidazole rings is 1. The van der Waals surface area contributed by atoms with Crippen molar-refractivity contribution in [3.05, 3.63) is 65.9 Å². The van der Waals surface area contributed by atoms with Gasteiger partial charge in [0.25, 0.3) is 5.91 Å². The number of nitrogens with two attached hydrogens (primary N) is 1. The van der Waals surface area contributed by atoms with Gasteiger partial charge in [0, 0.05) is 61.3 Å². The van der Waals surface area contributed by atoms with Gasteiger partial charge in [0.15, 0.2) is 0 Å². The fraction of sp³-hybridized carbons (Fsp3) is 0.387. The number of anilines is 3. The largest absolute Gasteiger partial charge is 0.444 e. The number of amides is 2. The molecule has 2 aliphatic rings. The van der Waals surface area contributed by atoms with E-state index in [0.29, 0.717) is 43.7 Å². The molecule has 3 aromatic heterocycles. The number of hydrogen-bond acceptors (Lipinski definition) is 8. The van der Waals surface area contributed by atoms with Crippen molar-refractivity contribution >= 4 is 35.1 Å². The minimum absolute atomic E-state index is 0.00399. The van der Waals surface area contributed by atoms with Gasteiger partial charge in [-0.2, -0.15) is 13.2 Å². The number of piperidine rings is 1. The zero-order valence-electron chi connectivity index (χ0n) is 25.4. The second-order valence-corrected chi connectivity index (χ2v) is 12.7. The van der Waals surface area contributed by atoms with Crippen LogP contribution in [0.15, 0.2) is 48.9 Å². The van der Waals surface area contributed by atoms with Crippen molar-refractivity contribution in [3.63, 3.8) is 0 Å². The van der Waals surface area contributed by atoms with Crippen LogP contribution >= 0.6 is 0 Å². The molecule has 0 bridgehead atoms. The first-order valence-corrected chi connectivity index (χ1v) is 14.6. The Kier molecular flexibility index (Phi) is 7.52. The van der Waals surface area contributed by atoms with Gasteiger partial charge >= 0.3 is 12.3 Å². The van der Waals surface area contributed by atoms with Gasteiger partial charge in [0.2, 0.25) is 5.95 Å². The van der Waals surface area contributed by atoms with Crippen LogP contribution in [0.3, 0.4) is 0 Å². The smallest absolute Gasteiger partial charge is 0.416 e. The van der Waals surface area contributed by atoms with Crippen molar-refractivity contribution in [2.45, 2.75) is 45.4 Å². The summed E-state index contributed by atoms with van der Waals surface area (Å²) >= 11 is 0. The van der Waals surface area contributed by atoms with Crippen molar-refractivity contribution < 1.29 is 31.9 Å². The van der Waals surface area contributed by atoms with Gasteiger partial charge in [0.05, 0.1) is 5.56 Å². The fourth-order valence-corrected chi connectivity index (χ4v) is 5.89. The molecule has 3 N–H and O–H groups in total. The lowest BCUT2D eigenvalue weighted by Crippen LogP contribution is -2.62. The SMILES string of the molecule is CC(C)(C)OC(=O)N1CC2(CCN(c3nc(-c4ccc(C(=O)Nc5cc(C(F)(F)F)ccn5)cc4F)c4c(N)nccn34)CC2)C1. The molecule has 1 aromatic carbocycles. The molecule has 0 saturated carbocycles. The van der Waals surface area contributed by atoms with E-state index < -0.39 is 29.1 Å². The summed E-state index contributed by atoms with van der Waals surface area (Å²) < 4.78 is 62.0. The summed E-state index contributed by atoms with van der Waals surface area (Å²) in [6.45, 7) is 8.05. The number of ether oxygens (including phenoxy) is 1. The number of rotatable bonds is 4. The number of halogens is 4. The van der Waals surface area contributed by atoms with E-state index in [1.54, 1.807) is 15.5 Å². The van der Waals surface area contributed by atoms with E-state index in [-0.39, 0.29) is 40.0 Å². The van der Waals surface area contributed by atoms with Crippen LogP contribution in [0.5, 0.6) is 0 Å². The molecule has 0 radical (unpaired) electrons. The Morgan fingerprint density at radius 1 is 1.02 bits per heavy atom. The van der Waals surface area contributed by atoms with Crippen molar-refractivity contribution in [1.82, 2.24) is 24.3 Å². The summed E-state index contributed by atoms with van der Waals surface area (Å²) in [5.74, 6) is -1.26. The number of nitrogens with zero attached hydrogens (tertiary/aromatic N) is 6. The Bertz CT molecular complexity index is 1820. The molecular weight excluding hydrogens is 608 g/mol. The minimum atomic E-state index is -4.62. The van der Waals surface area contributed by atoms with Crippen LogP contribution in [0.25, 0.3) is 16.8 Å². The number of carbonyl (C=O) groups is 2. The van der Waals surface area contributed by atoms with Gasteiger partial charge in [-0.25, -0.2) is 24.1 Å². The number of aromatic nitrogens is 4. The van der Waals surface area contributed by atoms with Crippen LogP contribution in [0.1, 0.15) is 49.5 Å². The molecule has 2 fully saturated rings. The highest BCUT2D eigenvalue weighted by atomic mass is 19.4. The first-order chi connectivity index (χ1) is 21.6. The highest BCUT2D eigenvalue weighted by Crippen LogP contribution is 2.43. The predicted molar refractivity (Wildman–Crippen MR) is 162 cm³/mol. The van der Waals surface area contributed by atoms with Gasteiger partial charge in [-0.3, -0.25) is 9.20 Å². The maximum absolute atomic E-state index is 15.6. The lowest BCUT2D eigenvalue weighted by atomic mass is 9.72. The van der Waals surface area contributed by atoms with E-state index in [2.05, 4.69) is 20.2 Å². The summed E-state index contributed by atoms with van der Waals surface area (Å²) in [6, 6.07) is 5.17. The first-order valence-electron chi connectivity index (χ1n) is 14.6. The highest BCUT2D eigenvalue weighted by Gasteiger charge is 2.48. The number of alkyl halides is 3. The minimum Gasteiger partial charge on any atom is -0.444 e. The number of likely N-dealkylation sites (tertiary alicyclic amines) is 1. The second-order valence-electron chi connectivity index (χ2n) is 12.7. The summed E-state index contributed by atoms with van der Waals surface area (Å²) in [4.78, 5) is 41.7. The third-order valence-corrected chi connectivity index (χ3v) is 8.19. The summed E-state index contributed by atoms with van der Waals surface area (Å²) in [5, 5.41) is 2.28. The van der Waals surface area contributed by atoms with E-state index in [0.717, 1.165) is 31.2 Å². The molecule has 15 heteroatoms. The van der Waals surface area contributed by atoms with E-state index in [1.807, 2.05) is 20.8 Å². The van der Waals surface area contributed by atoms with Crippen LogP contribution in [0.4, 0.5) is 39.9 Å². The molecule has 6 rings (SSSR count). The predicted octanol–water partition coefficient (Wildman–Crippen LogP) is 5.62. The average molecular weight is 641 g/mol. The second kappa shape index (κ2) is 11.1. The normalized spacial score (nSPS) is 16.4. The molecule has 1 spiro atoms. The number of benzene rings is 1. The van der Waals surface area contributed by atoms with Gasteiger partial charge < -0.3 is 25.6 Å². The van der Waals surface area contributed by atoms with Crippen molar-refractivity contribution in [1.29, 1.82) is 0 Å². The summed E-state index contributed by atoms with van der Waals surface area (Å²) in [5.41, 5.74) is 5.26. The van der Waals surface area contributed by atoms with Crippen molar-refractivity contribution in [2.24, 2.45) is 5.41 Å². The molecular formula is C31H32F4N8O3. The Hall–Kier alpha value is -4.95. The molecule has 11 nitrogen and oxygen atoms in total. The molecule has 5 heterocycles. The van der Waals surface area contributed by atoms with Crippen molar-refractivity contribution in [2.75, 3.05) is 42.1 Å². The Balaban J connectivity index is 1.20. The Morgan fingerprint density at radius 2 is 1.74 bits per heavy atom. The van der Waals surface area contributed by atoms with Gasteiger partial charge in [-0.05, 0) is 63.9 Å².